The minimum absolute atomic E-state index is 0.00231. The third-order valence-corrected chi connectivity index (χ3v) is 3.74. The molecule has 0 aliphatic rings. The molecular weight excluding hydrogens is 304 g/mol. The molecule has 0 fully saturated rings. The van der Waals surface area contributed by atoms with Crippen molar-refractivity contribution in [3.8, 4) is 12.3 Å². The highest BCUT2D eigenvalue weighted by Crippen LogP contribution is 2.02. The summed E-state index contributed by atoms with van der Waals surface area (Å²) in [5.74, 6) is 2.14. The van der Waals surface area contributed by atoms with Crippen molar-refractivity contribution < 1.29 is 19.5 Å². The number of carboxylic acids is 1. The first kappa shape index (κ1) is 20.3. The van der Waals surface area contributed by atoms with E-state index in [4.69, 9.17) is 11.5 Å². The van der Waals surface area contributed by atoms with Gasteiger partial charge in [0.05, 0.1) is 5.75 Å². The molecule has 0 atom stereocenters. The number of hydrogen-bond donors (Lipinski definition) is 2. The van der Waals surface area contributed by atoms with Gasteiger partial charge in [-0.15, -0.1) is 24.1 Å². The molecule has 6 nitrogen and oxygen atoms in total. The quantitative estimate of drug-likeness (QED) is 0.412. The highest BCUT2D eigenvalue weighted by atomic mass is 32.2. The molecule has 0 aliphatic heterocycles. The molecule has 0 saturated heterocycles. The van der Waals surface area contributed by atoms with Crippen LogP contribution in [-0.4, -0.2) is 58.9 Å². The predicted octanol–water partition coefficient (Wildman–Crippen LogP) is 0.962. The molecule has 0 radical (unpaired) electrons. The summed E-state index contributed by atoms with van der Waals surface area (Å²) in [5.41, 5.74) is 0. The summed E-state index contributed by atoms with van der Waals surface area (Å²) in [5, 5.41) is 11.3. The first-order valence-corrected chi connectivity index (χ1v) is 8.44. The van der Waals surface area contributed by atoms with Gasteiger partial charge in [-0.2, -0.15) is 0 Å². The molecule has 2 amide bonds. The van der Waals surface area contributed by atoms with E-state index in [2.05, 4.69) is 11.2 Å². The molecular formula is C15H24N2O4S. The van der Waals surface area contributed by atoms with Gasteiger partial charge in [0, 0.05) is 44.6 Å². The van der Waals surface area contributed by atoms with Crippen LogP contribution in [0.3, 0.4) is 0 Å². The Morgan fingerprint density at radius 1 is 1.32 bits per heavy atom. The van der Waals surface area contributed by atoms with Gasteiger partial charge in [-0.1, -0.05) is 6.92 Å². The number of unbranched alkanes of at least 4 members (excludes halogenated alkanes) is 1. The number of nitrogens with zero attached hydrogens (tertiary/aromatic N) is 1. The van der Waals surface area contributed by atoms with Crippen LogP contribution in [0.2, 0.25) is 0 Å². The Bertz CT molecular complexity index is 407. The summed E-state index contributed by atoms with van der Waals surface area (Å²) >= 11 is 1.27. The highest BCUT2D eigenvalue weighted by molar-refractivity contribution is 7.99. The molecule has 0 unspecified atom stereocenters. The lowest BCUT2D eigenvalue weighted by Crippen LogP contribution is -2.39. The summed E-state index contributed by atoms with van der Waals surface area (Å²) in [6.07, 6.45) is 7.13. The van der Waals surface area contributed by atoms with E-state index in [1.54, 1.807) is 11.8 Å². The second-order valence-electron chi connectivity index (χ2n) is 4.59. The van der Waals surface area contributed by atoms with Crippen LogP contribution in [0, 0.1) is 12.3 Å². The maximum atomic E-state index is 11.8. The predicted molar refractivity (Wildman–Crippen MR) is 87.5 cm³/mol. The van der Waals surface area contributed by atoms with Crippen LogP contribution in [0.15, 0.2) is 0 Å². The number of terminal acetylenes is 1. The Kier molecular flexibility index (Phi) is 12.0. The summed E-state index contributed by atoms with van der Waals surface area (Å²) < 4.78 is 0. The molecule has 2 N–H and O–H groups in total. The number of carboxylic acid groups (broad SMARTS) is 1. The lowest BCUT2D eigenvalue weighted by atomic mass is 10.2. The van der Waals surface area contributed by atoms with Crippen molar-refractivity contribution in [3.63, 3.8) is 0 Å². The van der Waals surface area contributed by atoms with Crippen molar-refractivity contribution in [1.29, 1.82) is 0 Å². The third kappa shape index (κ3) is 11.0. The second-order valence-corrected chi connectivity index (χ2v) is 5.69. The summed E-state index contributed by atoms with van der Waals surface area (Å²) in [7, 11) is 0. The molecule has 22 heavy (non-hydrogen) atoms. The van der Waals surface area contributed by atoms with Crippen molar-refractivity contribution >= 4 is 29.5 Å². The maximum absolute atomic E-state index is 11.8. The maximum Gasteiger partial charge on any atom is 0.313 e. The zero-order valence-corrected chi connectivity index (χ0v) is 13.8. The van der Waals surface area contributed by atoms with Gasteiger partial charge >= 0.3 is 5.97 Å². The first-order valence-electron chi connectivity index (χ1n) is 7.28. The molecule has 0 spiro atoms. The Hall–Kier alpha value is -1.68. The van der Waals surface area contributed by atoms with Gasteiger partial charge < -0.3 is 15.3 Å². The third-order valence-electron chi connectivity index (χ3n) is 2.82. The molecule has 0 aromatic heterocycles. The lowest BCUT2D eigenvalue weighted by Gasteiger charge is -2.22. The number of carbonyl (C=O) groups excluding carboxylic acids is 2. The fourth-order valence-corrected chi connectivity index (χ4v) is 2.36. The molecule has 0 aromatic rings. The fraction of sp³-hybridized carbons (Fsp3) is 0.667. The summed E-state index contributed by atoms with van der Waals surface area (Å²) in [6.45, 7) is 3.08. The van der Waals surface area contributed by atoms with Crippen molar-refractivity contribution in [2.75, 3.05) is 31.1 Å². The number of amides is 2. The minimum Gasteiger partial charge on any atom is -0.481 e. The molecule has 7 heteroatoms. The number of thioether (sulfide) groups is 1. The minimum atomic E-state index is -0.863. The molecule has 0 bridgehead atoms. The second kappa shape index (κ2) is 13.0. The molecule has 0 aromatic carbocycles. The zero-order valence-electron chi connectivity index (χ0n) is 13.0. The van der Waals surface area contributed by atoms with Crippen molar-refractivity contribution in [2.24, 2.45) is 0 Å². The SMILES string of the molecule is C#CCCCC(=O)NCCN(CCSCC(=O)O)C(=O)CC. The van der Waals surface area contributed by atoms with Crippen LogP contribution in [0.1, 0.15) is 32.6 Å². The van der Waals surface area contributed by atoms with Crippen LogP contribution >= 0.6 is 11.8 Å². The zero-order chi connectivity index (χ0) is 16.8. The molecule has 0 rings (SSSR count). The van der Waals surface area contributed by atoms with Gasteiger partial charge in [0.1, 0.15) is 0 Å². The van der Waals surface area contributed by atoms with Gasteiger partial charge in [0.2, 0.25) is 11.8 Å². The Balaban J connectivity index is 3.99. The van der Waals surface area contributed by atoms with E-state index in [9.17, 15) is 14.4 Å². The largest absolute Gasteiger partial charge is 0.481 e. The summed E-state index contributed by atoms with van der Waals surface area (Å²) in [4.78, 5) is 35.4. The number of nitrogens with one attached hydrogen (secondary N) is 1. The van der Waals surface area contributed by atoms with Crippen LogP contribution < -0.4 is 5.32 Å². The van der Waals surface area contributed by atoms with Gasteiger partial charge in [-0.05, 0) is 6.42 Å². The van der Waals surface area contributed by atoms with Gasteiger partial charge in [0.15, 0.2) is 0 Å². The Morgan fingerprint density at radius 3 is 2.64 bits per heavy atom. The lowest BCUT2D eigenvalue weighted by molar-refractivity contribution is -0.134. The Labute approximate surface area is 136 Å². The smallest absolute Gasteiger partial charge is 0.313 e. The van der Waals surface area contributed by atoms with Crippen molar-refractivity contribution in [1.82, 2.24) is 10.2 Å². The van der Waals surface area contributed by atoms with Crippen molar-refractivity contribution in [2.45, 2.75) is 32.6 Å². The van der Waals surface area contributed by atoms with Gasteiger partial charge in [-0.25, -0.2) is 0 Å². The van der Waals surface area contributed by atoms with Crippen LogP contribution in [0.25, 0.3) is 0 Å². The number of carbonyl (C=O) groups is 3. The van der Waals surface area contributed by atoms with E-state index in [1.807, 2.05) is 0 Å². The molecule has 0 heterocycles. The van der Waals surface area contributed by atoms with E-state index < -0.39 is 5.97 Å². The first-order chi connectivity index (χ1) is 10.5. The Morgan fingerprint density at radius 2 is 2.05 bits per heavy atom. The van der Waals surface area contributed by atoms with E-state index in [0.717, 1.165) is 0 Å². The van der Waals surface area contributed by atoms with E-state index >= 15 is 0 Å². The van der Waals surface area contributed by atoms with E-state index in [-0.39, 0.29) is 17.6 Å². The topological polar surface area (TPSA) is 86.7 Å². The van der Waals surface area contributed by atoms with Crippen molar-refractivity contribution in [3.05, 3.63) is 0 Å². The average Bonchev–Trinajstić information content (AvgIpc) is 2.48. The molecule has 0 saturated carbocycles. The molecule has 0 aliphatic carbocycles. The van der Waals surface area contributed by atoms with E-state index in [1.165, 1.54) is 11.8 Å². The van der Waals surface area contributed by atoms with E-state index in [0.29, 0.717) is 51.1 Å². The van der Waals surface area contributed by atoms with Gasteiger partial charge in [-0.3, -0.25) is 14.4 Å². The van der Waals surface area contributed by atoms with Crippen LogP contribution in [-0.2, 0) is 14.4 Å². The average molecular weight is 328 g/mol. The monoisotopic (exact) mass is 328 g/mol. The van der Waals surface area contributed by atoms with Gasteiger partial charge in [0.25, 0.3) is 0 Å². The molecule has 124 valence electrons. The number of hydrogen-bond acceptors (Lipinski definition) is 4. The fourth-order valence-electron chi connectivity index (χ4n) is 1.69. The number of aliphatic carboxylic acids is 1. The summed E-state index contributed by atoms with van der Waals surface area (Å²) in [6, 6.07) is 0. The van der Waals surface area contributed by atoms with Crippen LogP contribution in [0.5, 0.6) is 0 Å². The highest BCUT2D eigenvalue weighted by Gasteiger charge is 2.11. The standard InChI is InChI=1S/C15H24N2O4S/c1-3-5-6-7-13(18)16-8-9-17(14(19)4-2)10-11-22-12-15(20)21/h1H,4-12H2,2H3,(H,16,18)(H,20,21). The van der Waals surface area contributed by atoms with Crippen LogP contribution in [0.4, 0.5) is 0 Å². The normalized spacial score (nSPS) is 9.82. The number of rotatable bonds is 12.